The van der Waals surface area contributed by atoms with Gasteiger partial charge in [0, 0.05) is 53.2 Å². The summed E-state index contributed by atoms with van der Waals surface area (Å²) in [4.78, 5) is 28.2. The zero-order valence-corrected chi connectivity index (χ0v) is 23.5. The first-order valence-electron chi connectivity index (χ1n) is 13.8. The van der Waals surface area contributed by atoms with Gasteiger partial charge in [0.15, 0.2) is 0 Å². The maximum Gasteiger partial charge on any atom is 0.416 e. The minimum absolute atomic E-state index is 0.0410. The van der Waals surface area contributed by atoms with Gasteiger partial charge in [-0.25, -0.2) is 15.0 Å². The van der Waals surface area contributed by atoms with Gasteiger partial charge in [0.05, 0.1) is 29.9 Å². The second kappa shape index (κ2) is 11.5. The van der Waals surface area contributed by atoms with E-state index in [9.17, 15) is 23.1 Å². The number of pyridine rings is 1. The number of nitrogens with two attached hydrogens (primary N) is 1. The molecule has 3 aromatic carbocycles. The third-order valence-corrected chi connectivity index (χ3v) is 7.47. The van der Waals surface area contributed by atoms with Crippen LogP contribution in [0.3, 0.4) is 0 Å². The number of phenolic OH excluding ortho intramolecular Hbond substituents is 1. The van der Waals surface area contributed by atoms with Crippen molar-refractivity contribution in [2.24, 2.45) is 0 Å². The second-order valence-electron chi connectivity index (χ2n) is 10.4. The number of amides is 1. The number of alkyl halides is 3. The molecule has 0 spiro atoms. The highest BCUT2D eigenvalue weighted by atomic mass is 19.4. The highest BCUT2D eigenvalue weighted by Gasteiger charge is 2.31. The third-order valence-electron chi connectivity index (χ3n) is 7.47. The number of halogens is 3. The van der Waals surface area contributed by atoms with E-state index in [0.717, 1.165) is 36.6 Å². The van der Waals surface area contributed by atoms with Gasteiger partial charge in [0.1, 0.15) is 11.6 Å². The van der Waals surface area contributed by atoms with E-state index < -0.39 is 17.6 Å². The summed E-state index contributed by atoms with van der Waals surface area (Å²) in [5, 5.41) is 15.0. The molecule has 0 bridgehead atoms. The maximum atomic E-state index is 13.2. The van der Waals surface area contributed by atoms with E-state index in [4.69, 9.17) is 10.5 Å². The van der Waals surface area contributed by atoms with Crippen LogP contribution in [0.4, 0.5) is 30.6 Å². The number of fused-ring (bicyclic) bond motifs is 1. The summed E-state index contributed by atoms with van der Waals surface area (Å²) in [6.07, 6.45) is -1.35. The lowest BCUT2D eigenvalue weighted by molar-refractivity contribution is -0.137. The van der Waals surface area contributed by atoms with Crippen LogP contribution in [0.5, 0.6) is 5.75 Å². The van der Waals surface area contributed by atoms with E-state index in [1.54, 1.807) is 36.7 Å². The van der Waals surface area contributed by atoms with Crippen LogP contribution in [0.1, 0.15) is 21.5 Å². The minimum Gasteiger partial charge on any atom is -0.507 e. The number of aryl methyl sites for hydroxylation is 1. The fourth-order valence-electron chi connectivity index (χ4n) is 5.20. The Hall–Kier alpha value is -5.23. The predicted molar refractivity (Wildman–Crippen MR) is 161 cm³/mol. The van der Waals surface area contributed by atoms with E-state index >= 15 is 0 Å². The summed E-state index contributed by atoms with van der Waals surface area (Å²) in [6.45, 7) is 4.52. The first-order chi connectivity index (χ1) is 21.1. The molecule has 1 saturated heterocycles. The molecule has 6 rings (SSSR count). The number of rotatable bonds is 5. The molecule has 12 heteroatoms. The van der Waals surface area contributed by atoms with Crippen molar-refractivity contribution < 1.29 is 27.8 Å². The van der Waals surface area contributed by atoms with Crippen LogP contribution in [0, 0.1) is 6.92 Å². The molecule has 44 heavy (non-hydrogen) atoms. The van der Waals surface area contributed by atoms with Gasteiger partial charge in [-0.2, -0.15) is 13.2 Å². The number of hydrogen-bond acceptors (Lipinski definition) is 8. The van der Waals surface area contributed by atoms with Gasteiger partial charge in [-0.1, -0.05) is 12.1 Å². The van der Waals surface area contributed by atoms with Crippen molar-refractivity contribution in [1.82, 2.24) is 15.0 Å². The standard InChI is InChI=1S/C32H27F3N6O3/c1-18-5-7-23(39-30(43)19-3-2-4-22(13-19)32(33,34)35)15-24(18)25-14-21-17-38-31(36)40-28(21)27(29(25)42)20-6-8-26(37-16-20)41-9-11-44-12-10-41/h2-8,13-17,42H,9-12H2,1H3,(H,39,43)(H2,36,38,40). The number of nitrogens with one attached hydrogen (secondary N) is 1. The lowest BCUT2D eigenvalue weighted by Gasteiger charge is -2.27. The number of nitrogens with zero attached hydrogens (tertiary/aromatic N) is 4. The Kier molecular flexibility index (Phi) is 7.52. The molecule has 1 amide bonds. The molecule has 5 aromatic rings. The summed E-state index contributed by atoms with van der Waals surface area (Å²) < 4.78 is 45.0. The Bertz CT molecular complexity index is 1870. The number of carbonyl (C=O) groups excluding carboxylic acids is 1. The summed E-state index contributed by atoms with van der Waals surface area (Å²) in [5.41, 5.74) is 8.45. The topological polar surface area (TPSA) is 126 Å². The number of hydrogen-bond donors (Lipinski definition) is 3. The number of morpholine rings is 1. The van der Waals surface area contributed by atoms with Crippen molar-refractivity contribution in [3.8, 4) is 28.0 Å². The van der Waals surface area contributed by atoms with Gasteiger partial charge >= 0.3 is 6.18 Å². The molecular formula is C32H27F3N6O3. The summed E-state index contributed by atoms with van der Waals surface area (Å²) in [6, 6.07) is 14.7. The van der Waals surface area contributed by atoms with Gasteiger partial charge in [0.2, 0.25) is 5.95 Å². The lowest BCUT2D eigenvalue weighted by Crippen LogP contribution is -2.36. The van der Waals surface area contributed by atoms with Crippen LogP contribution >= 0.6 is 0 Å². The van der Waals surface area contributed by atoms with E-state index in [0.29, 0.717) is 52.1 Å². The van der Waals surface area contributed by atoms with E-state index in [-0.39, 0.29) is 17.3 Å². The number of phenols is 1. The molecular weight excluding hydrogens is 573 g/mol. The molecule has 1 fully saturated rings. The van der Waals surface area contributed by atoms with Crippen LogP contribution in [-0.2, 0) is 10.9 Å². The fourth-order valence-corrected chi connectivity index (χ4v) is 5.20. The molecule has 0 unspecified atom stereocenters. The fraction of sp³-hybridized carbons (Fsp3) is 0.188. The average molecular weight is 601 g/mol. The van der Waals surface area contributed by atoms with Crippen LogP contribution in [0.15, 0.2) is 73.1 Å². The molecule has 4 N–H and O–H groups in total. The van der Waals surface area contributed by atoms with Crippen molar-refractivity contribution in [1.29, 1.82) is 0 Å². The summed E-state index contributed by atoms with van der Waals surface area (Å²) in [5.74, 6) is 0.0380. The van der Waals surface area contributed by atoms with Crippen molar-refractivity contribution in [2.75, 3.05) is 42.3 Å². The van der Waals surface area contributed by atoms with E-state index in [1.807, 2.05) is 19.1 Å². The molecule has 0 saturated carbocycles. The van der Waals surface area contributed by atoms with Crippen LogP contribution in [-0.4, -0.2) is 52.3 Å². The van der Waals surface area contributed by atoms with Crippen LogP contribution in [0.25, 0.3) is 33.2 Å². The van der Waals surface area contributed by atoms with Crippen molar-refractivity contribution in [3.05, 3.63) is 89.7 Å². The lowest BCUT2D eigenvalue weighted by atomic mass is 9.92. The van der Waals surface area contributed by atoms with E-state index in [1.165, 1.54) is 12.1 Å². The van der Waals surface area contributed by atoms with Crippen LogP contribution in [0.2, 0.25) is 0 Å². The van der Waals surface area contributed by atoms with Gasteiger partial charge in [0.25, 0.3) is 5.91 Å². The molecule has 0 radical (unpaired) electrons. The van der Waals surface area contributed by atoms with Crippen LogP contribution < -0.4 is 16.0 Å². The zero-order valence-electron chi connectivity index (χ0n) is 23.5. The Labute approximate surface area is 250 Å². The largest absolute Gasteiger partial charge is 0.507 e. The summed E-state index contributed by atoms with van der Waals surface area (Å²) >= 11 is 0. The van der Waals surface area contributed by atoms with Crippen molar-refractivity contribution in [3.63, 3.8) is 0 Å². The summed E-state index contributed by atoms with van der Waals surface area (Å²) in [7, 11) is 0. The first-order valence-corrected chi connectivity index (χ1v) is 13.8. The predicted octanol–water partition coefficient (Wildman–Crippen LogP) is 6.06. The van der Waals surface area contributed by atoms with Crippen molar-refractivity contribution >= 4 is 34.3 Å². The maximum absolute atomic E-state index is 13.2. The molecule has 1 aliphatic heterocycles. The smallest absolute Gasteiger partial charge is 0.416 e. The first kappa shape index (κ1) is 28.9. The number of nitrogen functional groups attached to an aromatic ring is 1. The van der Waals surface area contributed by atoms with Gasteiger partial charge < -0.3 is 25.8 Å². The highest BCUT2D eigenvalue weighted by molar-refractivity contribution is 6.06. The molecule has 3 heterocycles. The molecule has 9 nitrogen and oxygen atoms in total. The normalized spacial score (nSPS) is 13.7. The SMILES string of the molecule is Cc1ccc(NC(=O)c2cccc(C(F)(F)F)c2)cc1-c1cc2cnc(N)nc2c(-c2ccc(N3CCOCC3)nc2)c1O. The van der Waals surface area contributed by atoms with Gasteiger partial charge in [-0.05, 0) is 66.6 Å². The highest BCUT2D eigenvalue weighted by Crippen LogP contribution is 2.44. The molecule has 2 aromatic heterocycles. The zero-order chi connectivity index (χ0) is 31.0. The number of carbonyl (C=O) groups is 1. The Morgan fingerprint density at radius 2 is 1.80 bits per heavy atom. The Morgan fingerprint density at radius 3 is 2.52 bits per heavy atom. The number of anilines is 3. The average Bonchev–Trinajstić information content (AvgIpc) is 3.02. The second-order valence-corrected chi connectivity index (χ2v) is 10.4. The van der Waals surface area contributed by atoms with Gasteiger partial charge in [-0.15, -0.1) is 0 Å². The number of ether oxygens (including phenoxy) is 1. The molecule has 224 valence electrons. The van der Waals surface area contributed by atoms with Crippen molar-refractivity contribution in [2.45, 2.75) is 13.1 Å². The Balaban J connectivity index is 1.40. The number of aromatic hydroxyl groups is 1. The number of benzene rings is 3. The quantitative estimate of drug-likeness (QED) is 0.222. The molecule has 0 aliphatic carbocycles. The monoisotopic (exact) mass is 600 g/mol. The minimum atomic E-state index is -4.58. The Morgan fingerprint density at radius 1 is 1.00 bits per heavy atom. The molecule has 1 aliphatic rings. The van der Waals surface area contributed by atoms with Gasteiger partial charge in [-0.3, -0.25) is 4.79 Å². The van der Waals surface area contributed by atoms with E-state index in [2.05, 4.69) is 25.2 Å². The third kappa shape index (κ3) is 5.71. The molecule has 0 atom stereocenters. The number of aromatic nitrogens is 3.